The van der Waals surface area contributed by atoms with Crippen LogP contribution in [0.15, 0.2) is 43.0 Å². The molecule has 0 unspecified atom stereocenters. The molecule has 2 aromatic rings. The highest BCUT2D eigenvalue weighted by Crippen LogP contribution is 2.39. The zero-order valence-electron chi connectivity index (χ0n) is 16.5. The Morgan fingerprint density at radius 3 is 1.81 bits per heavy atom. The van der Waals surface area contributed by atoms with Gasteiger partial charge in [0.05, 0.1) is 28.4 Å². The minimum atomic E-state index is -0.121. The summed E-state index contributed by atoms with van der Waals surface area (Å²) in [5.41, 5.74) is 3.11. The Hall–Kier alpha value is -2.62. The van der Waals surface area contributed by atoms with E-state index in [9.17, 15) is 0 Å². The fourth-order valence-electron chi connectivity index (χ4n) is 3.05. The fraction of sp³-hybridized carbons (Fsp3) is 0.364. The van der Waals surface area contributed by atoms with E-state index in [0.29, 0.717) is 11.5 Å². The van der Waals surface area contributed by atoms with Crippen molar-refractivity contribution >= 4 is 5.57 Å². The van der Waals surface area contributed by atoms with E-state index in [-0.39, 0.29) is 5.41 Å². The molecule has 4 nitrogen and oxygen atoms in total. The molecule has 0 aliphatic rings. The van der Waals surface area contributed by atoms with E-state index in [2.05, 4.69) is 26.5 Å². The predicted octanol–water partition coefficient (Wildman–Crippen LogP) is 5.10. The smallest absolute Gasteiger partial charge is 0.161 e. The fourth-order valence-corrected chi connectivity index (χ4v) is 3.05. The molecule has 0 N–H and O–H groups in total. The lowest BCUT2D eigenvalue weighted by Crippen LogP contribution is -2.17. The average molecular weight is 356 g/mol. The minimum Gasteiger partial charge on any atom is -0.493 e. The van der Waals surface area contributed by atoms with Crippen molar-refractivity contribution in [3.8, 4) is 23.0 Å². The molecule has 0 spiro atoms. The van der Waals surface area contributed by atoms with Crippen molar-refractivity contribution in [3.05, 3.63) is 54.1 Å². The highest BCUT2D eigenvalue weighted by Gasteiger charge is 2.24. The summed E-state index contributed by atoms with van der Waals surface area (Å²) in [6.07, 6.45) is 0.790. The van der Waals surface area contributed by atoms with Gasteiger partial charge in [0.2, 0.25) is 0 Å². The summed E-state index contributed by atoms with van der Waals surface area (Å²) in [5.74, 6) is 2.87. The lowest BCUT2D eigenvalue weighted by Gasteiger charge is -2.27. The third-order valence-electron chi connectivity index (χ3n) is 4.61. The maximum atomic E-state index is 5.44. The van der Waals surface area contributed by atoms with Gasteiger partial charge in [0, 0.05) is 0 Å². The first-order valence-electron chi connectivity index (χ1n) is 8.49. The van der Waals surface area contributed by atoms with E-state index in [1.54, 1.807) is 28.4 Å². The molecule has 26 heavy (non-hydrogen) atoms. The van der Waals surface area contributed by atoms with Crippen LogP contribution in [0.25, 0.3) is 5.57 Å². The summed E-state index contributed by atoms with van der Waals surface area (Å²) in [6, 6.07) is 11.9. The molecule has 0 aliphatic carbocycles. The standard InChI is InChI=1S/C22H28O4/c1-15(16-8-10-18(23-4)20(12-16)25-6)14-22(2,3)17-9-11-19(24-5)21(13-17)26-7/h8-13H,1,14H2,2-7H3. The Labute approximate surface area is 156 Å². The van der Waals surface area contributed by atoms with Crippen LogP contribution in [0.5, 0.6) is 23.0 Å². The van der Waals surface area contributed by atoms with Crippen LogP contribution < -0.4 is 18.9 Å². The quantitative estimate of drug-likeness (QED) is 0.659. The Kier molecular flexibility index (Phi) is 6.19. The van der Waals surface area contributed by atoms with Gasteiger partial charge in [-0.05, 0) is 52.8 Å². The molecule has 2 rings (SSSR count). The lowest BCUT2D eigenvalue weighted by atomic mass is 9.78. The third kappa shape index (κ3) is 4.13. The molecule has 0 bridgehead atoms. The first-order chi connectivity index (χ1) is 12.4. The Balaban J connectivity index is 2.27. The van der Waals surface area contributed by atoms with E-state index in [1.807, 2.05) is 30.3 Å². The largest absolute Gasteiger partial charge is 0.493 e. The van der Waals surface area contributed by atoms with Gasteiger partial charge in [-0.2, -0.15) is 0 Å². The Morgan fingerprint density at radius 1 is 0.769 bits per heavy atom. The van der Waals surface area contributed by atoms with Gasteiger partial charge in [0.15, 0.2) is 23.0 Å². The summed E-state index contributed by atoms with van der Waals surface area (Å²) in [4.78, 5) is 0. The van der Waals surface area contributed by atoms with Crippen molar-refractivity contribution in [2.75, 3.05) is 28.4 Å². The van der Waals surface area contributed by atoms with Crippen molar-refractivity contribution in [2.45, 2.75) is 25.7 Å². The molecule has 0 heterocycles. The maximum Gasteiger partial charge on any atom is 0.161 e. The minimum absolute atomic E-state index is 0.121. The maximum absolute atomic E-state index is 5.44. The average Bonchev–Trinajstić information content (AvgIpc) is 2.66. The van der Waals surface area contributed by atoms with Gasteiger partial charge in [-0.25, -0.2) is 0 Å². The molecule has 0 saturated heterocycles. The summed E-state index contributed by atoms with van der Waals surface area (Å²) >= 11 is 0. The second-order valence-corrected chi connectivity index (χ2v) is 6.80. The molecule has 4 heteroatoms. The molecule has 140 valence electrons. The predicted molar refractivity (Wildman–Crippen MR) is 106 cm³/mol. The van der Waals surface area contributed by atoms with Gasteiger partial charge < -0.3 is 18.9 Å². The van der Waals surface area contributed by atoms with Crippen LogP contribution in [0.1, 0.15) is 31.4 Å². The molecule has 0 atom stereocenters. The van der Waals surface area contributed by atoms with Crippen molar-refractivity contribution in [2.24, 2.45) is 0 Å². The number of benzene rings is 2. The molecular formula is C22H28O4. The van der Waals surface area contributed by atoms with E-state index in [0.717, 1.165) is 34.6 Å². The van der Waals surface area contributed by atoms with Gasteiger partial charge in [0.25, 0.3) is 0 Å². The van der Waals surface area contributed by atoms with Gasteiger partial charge in [-0.1, -0.05) is 32.6 Å². The van der Waals surface area contributed by atoms with E-state index < -0.39 is 0 Å². The van der Waals surface area contributed by atoms with Crippen LogP contribution in [-0.2, 0) is 5.41 Å². The Bertz CT molecular complexity index is 778. The molecule has 0 fully saturated rings. The summed E-state index contributed by atoms with van der Waals surface area (Å²) in [7, 11) is 6.56. The molecule has 0 amide bonds. The lowest BCUT2D eigenvalue weighted by molar-refractivity contribution is 0.353. The van der Waals surface area contributed by atoms with Crippen molar-refractivity contribution in [1.29, 1.82) is 0 Å². The SMILES string of the molecule is C=C(CC(C)(C)c1ccc(OC)c(OC)c1)c1ccc(OC)c(OC)c1. The second kappa shape index (κ2) is 8.17. The van der Waals surface area contributed by atoms with Crippen molar-refractivity contribution in [3.63, 3.8) is 0 Å². The number of hydrogen-bond acceptors (Lipinski definition) is 4. The number of ether oxygens (including phenoxy) is 4. The van der Waals surface area contributed by atoms with Gasteiger partial charge in [0.1, 0.15) is 0 Å². The van der Waals surface area contributed by atoms with Crippen LogP contribution in [0.3, 0.4) is 0 Å². The van der Waals surface area contributed by atoms with Gasteiger partial charge in [-0.15, -0.1) is 0 Å². The van der Waals surface area contributed by atoms with Gasteiger partial charge in [-0.3, -0.25) is 0 Å². The molecule has 0 radical (unpaired) electrons. The van der Waals surface area contributed by atoms with Crippen LogP contribution in [-0.4, -0.2) is 28.4 Å². The van der Waals surface area contributed by atoms with E-state index in [4.69, 9.17) is 18.9 Å². The number of allylic oxidation sites excluding steroid dienone is 1. The van der Waals surface area contributed by atoms with Crippen molar-refractivity contribution in [1.82, 2.24) is 0 Å². The molecule has 0 saturated carbocycles. The van der Waals surface area contributed by atoms with Gasteiger partial charge >= 0.3 is 0 Å². The first kappa shape index (κ1) is 19.7. The van der Waals surface area contributed by atoms with E-state index in [1.165, 1.54) is 0 Å². The van der Waals surface area contributed by atoms with Crippen LogP contribution in [0.2, 0.25) is 0 Å². The van der Waals surface area contributed by atoms with Crippen molar-refractivity contribution < 1.29 is 18.9 Å². The van der Waals surface area contributed by atoms with Crippen LogP contribution in [0, 0.1) is 0 Å². The zero-order chi connectivity index (χ0) is 19.3. The zero-order valence-corrected chi connectivity index (χ0v) is 16.5. The molecule has 0 aromatic heterocycles. The topological polar surface area (TPSA) is 36.9 Å². The molecule has 2 aromatic carbocycles. The highest BCUT2D eigenvalue weighted by molar-refractivity contribution is 5.67. The number of rotatable bonds is 8. The molecular weight excluding hydrogens is 328 g/mol. The highest BCUT2D eigenvalue weighted by atomic mass is 16.5. The van der Waals surface area contributed by atoms with Crippen LogP contribution >= 0.6 is 0 Å². The third-order valence-corrected chi connectivity index (χ3v) is 4.61. The van der Waals surface area contributed by atoms with Crippen LogP contribution in [0.4, 0.5) is 0 Å². The summed E-state index contributed by atoms with van der Waals surface area (Å²) < 4.78 is 21.5. The summed E-state index contributed by atoms with van der Waals surface area (Å²) in [5, 5.41) is 0. The first-order valence-corrected chi connectivity index (χ1v) is 8.49. The normalized spacial score (nSPS) is 11.0. The number of hydrogen-bond donors (Lipinski definition) is 0. The number of methoxy groups -OCH3 is 4. The van der Waals surface area contributed by atoms with E-state index >= 15 is 0 Å². The summed E-state index contributed by atoms with van der Waals surface area (Å²) in [6.45, 7) is 8.68. The second-order valence-electron chi connectivity index (χ2n) is 6.80. The Morgan fingerprint density at radius 2 is 1.27 bits per heavy atom. The molecule has 0 aliphatic heterocycles. The monoisotopic (exact) mass is 356 g/mol.